The van der Waals surface area contributed by atoms with E-state index in [1.54, 1.807) is 0 Å². The van der Waals surface area contributed by atoms with Gasteiger partial charge in [0.25, 0.3) is 0 Å². The van der Waals surface area contributed by atoms with Crippen molar-refractivity contribution in [1.82, 2.24) is 15.0 Å². The third-order valence-corrected chi connectivity index (χ3v) is 3.36. The molecule has 1 saturated carbocycles. The third kappa shape index (κ3) is 2.68. The monoisotopic (exact) mass is 251 g/mol. The minimum Gasteiger partial charge on any atom is -0.252 e. The van der Waals surface area contributed by atoms with Crippen molar-refractivity contribution in [3.63, 3.8) is 0 Å². The van der Waals surface area contributed by atoms with E-state index < -0.39 is 0 Å². The van der Waals surface area contributed by atoms with Crippen molar-refractivity contribution in [3.8, 4) is 23.1 Å². The van der Waals surface area contributed by atoms with E-state index in [9.17, 15) is 0 Å². The van der Waals surface area contributed by atoms with E-state index in [2.05, 4.69) is 54.2 Å². The number of aryl methyl sites for hydroxylation is 2. The van der Waals surface area contributed by atoms with Crippen molar-refractivity contribution < 1.29 is 0 Å². The number of aromatic nitrogens is 3. The standard InChI is InChI=1S/C16H17N3/c1-3-19-11-16(17-18-19)15-9-8-14(10-12(15)2)7-6-13-4-5-13/h8-11,13H,3-5H2,1-2H3. The molecule has 0 radical (unpaired) electrons. The lowest BCUT2D eigenvalue weighted by molar-refractivity contribution is 0.627. The summed E-state index contributed by atoms with van der Waals surface area (Å²) in [5.41, 5.74) is 4.36. The van der Waals surface area contributed by atoms with Gasteiger partial charge in [0.05, 0.1) is 6.20 Å². The van der Waals surface area contributed by atoms with E-state index in [1.165, 1.54) is 18.4 Å². The molecule has 3 nitrogen and oxygen atoms in total. The summed E-state index contributed by atoms with van der Waals surface area (Å²) in [6, 6.07) is 6.30. The van der Waals surface area contributed by atoms with Crippen LogP contribution in [-0.4, -0.2) is 15.0 Å². The summed E-state index contributed by atoms with van der Waals surface area (Å²) in [5, 5.41) is 8.29. The summed E-state index contributed by atoms with van der Waals surface area (Å²) in [4.78, 5) is 0. The Morgan fingerprint density at radius 3 is 2.84 bits per heavy atom. The van der Waals surface area contributed by atoms with E-state index >= 15 is 0 Å². The van der Waals surface area contributed by atoms with Crippen molar-refractivity contribution in [3.05, 3.63) is 35.5 Å². The lowest BCUT2D eigenvalue weighted by atomic mass is 10.0. The van der Waals surface area contributed by atoms with Crippen LogP contribution in [0, 0.1) is 24.7 Å². The first-order valence-electron chi connectivity index (χ1n) is 6.79. The summed E-state index contributed by atoms with van der Waals surface area (Å²) in [6.07, 6.45) is 4.52. The Morgan fingerprint density at radius 2 is 2.21 bits per heavy atom. The van der Waals surface area contributed by atoms with Gasteiger partial charge in [-0.2, -0.15) is 0 Å². The molecule has 1 heterocycles. The number of hydrogen-bond donors (Lipinski definition) is 0. The largest absolute Gasteiger partial charge is 0.252 e. The van der Waals surface area contributed by atoms with E-state index in [1.807, 2.05) is 10.9 Å². The molecule has 3 rings (SSSR count). The van der Waals surface area contributed by atoms with Crippen molar-refractivity contribution in [2.45, 2.75) is 33.2 Å². The van der Waals surface area contributed by atoms with Gasteiger partial charge in [0, 0.05) is 23.6 Å². The second-order valence-corrected chi connectivity index (χ2v) is 5.03. The Balaban J connectivity index is 1.88. The van der Waals surface area contributed by atoms with Gasteiger partial charge in [-0.15, -0.1) is 5.10 Å². The molecule has 1 fully saturated rings. The molecule has 0 amide bonds. The Kier molecular flexibility index (Phi) is 3.08. The number of nitrogens with zero attached hydrogens (tertiary/aromatic N) is 3. The first-order valence-corrected chi connectivity index (χ1v) is 6.79. The molecule has 3 heteroatoms. The van der Waals surface area contributed by atoms with Crippen molar-refractivity contribution in [1.29, 1.82) is 0 Å². The fraction of sp³-hybridized carbons (Fsp3) is 0.375. The van der Waals surface area contributed by atoms with Crippen LogP contribution in [0.4, 0.5) is 0 Å². The molecule has 0 atom stereocenters. The summed E-state index contributed by atoms with van der Waals surface area (Å²) < 4.78 is 1.84. The molecule has 1 aromatic carbocycles. The Morgan fingerprint density at radius 1 is 1.37 bits per heavy atom. The second kappa shape index (κ2) is 4.89. The molecule has 0 aliphatic heterocycles. The first kappa shape index (κ1) is 12.0. The Labute approximate surface area is 113 Å². The zero-order chi connectivity index (χ0) is 13.2. The van der Waals surface area contributed by atoms with Crippen molar-refractivity contribution in [2.24, 2.45) is 5.92 Å². The number of rotatable bonds is 2. The molecule has 1 aliphatic carbocycles. The molecule has 0 spiro atoms. The van der Waals surface area contributed by atoms with Gasteiger partial charge < -0.3 is 0 Å². The maximum atomic E-state index is 4.21. The molecule has 19 heavy (non-hydrogen) atoms. The van der Waals surface area contributed by atoms with Crippen LogP contribution < -0.4 is 0 Å². The smallest absolute Gasteiger partial charge is 0.113 e. The van der Waals surface area contributed by atoms with Crippen LogP contribution in [0.15, 0.2) is 24.4 Å². The molecule has 2 aromatic rings. The molecule has 0 saturated heterocycles. The van der Waals surface area contributed by atoms with Crippen LogP contribution in [0.5, 0.6) is 0 Å². The van der Waals surface area contributed by atoms with Gasteiger partial charge in [-0.05, 0) is 44.4 Å². The highest BCUT2D eigenvalue weighted by molar-refractivity contribution is 5.64. The lowest BCUT2D eigenvalue weighted by Gasteiger charge is -2.02. The van der Waals surface area contributed by atoms with Gasteiger partial charge in [0.15, 0.2) is 0 Å². The van der Waals surface area contributed by atoms with Gasteiger partial charge in [0.1, 0.15) is 5.69 Å². The van der Waals surface area contributed by atoms with Crippen LogP contribution in [0.1, 0.15) is 30.9 Å². The van der Waals surface area contributed by atoms with Gasteiger partial charge in [-0.1, -0.05) is 23.1 Å². The summed E-state index contributed by atoms with van der Waals surface area (Å²) in [6.45, 7) is 5.00. The summed E-state index contributed by atoms with van der Waals surface area (Å²) >= 11 is 0. The van der Waals surface area contributed by atoms with E-state index in [0.717, 1.165) is 23.4 Å². The Hall–Kier alpha value is -2.08. The molecular formula is C16H17N3. The van der Waals surface area contributed by atoms with Gasteiger partial charge >= 0.3 is 0 Å². The van der Waals surface area contributed by atoms with E-state index in [-0.39, 0.29) is 0 Å². The summed E-state index contributed by atoms with van der Waals surface area (Å²) in [5.74, 6) is 7.18. The maximum absolute atomic E-state index is 4.21. The predicted octanol–water partition coefficient (Wildman–Crippen LogP) is 3.03. The summed E-state index contributed by atoms with van der Waals surface area (Å²) in [7, 11) is 0. The maximum Gasteiger partial charge on any atom is 0.113 e. The number of benzene rings is 1. The van der Waals surface area contributed by atoms with Crippen molar-refractivity contribution >= 4 is 0 Å². The van der Waals surface area contributed by atoms with Crippen LogP contribution in [0.25, 0.3) is 11.3 Å². The van der Waals surface area contributed by atoms with Crippen LogP contribution in [-0.2, 0) is 6.54 Å². The third-order valence-electron chi connectivity index (χ3n) is 3.36. The molecule has 96 valence electrons. The fourth-order valence-electron chi connectivity index (χ4n) is 2.02. The number of hydrogen-bond acceptors (Lipinski definition) is 2. The molecule has 0 unspecified atom stereocenters. The average Bonchev–Trinajstić information content (AvgIpc) is 3.13. The van der Waals surface area contributed by atoms with Crippen LogP contribution >= 0.6 is 0 Å². The minimum absolute atomic E-state index is 0.643. The first-order chi connectivity index (χ1) is 9.26. The van der Waals surface area contributed by atoms with Gasteiger partial charge in [0.2, 0.25) is 0 Å². The Bertz CT molecular complexity index is 654. The second-order valence-electron chi connectivity index (χ2n) is 5.03. The molecule has 1 aliphatic rings. The van der Waals surface area contributed by atoms with Gasteiger partial charge in [-0.3, -0.25) is 4.68 Å². The molecule has 1 aromatic heterocycles. The van der Waals surface area contributed by atoms with Crippen LogP contribution in [0.2, 0.25) is 0 Å². The zero-order valence-electron chi connectivity index (χ0n) is 11.3. The van der Waals surface area contributed by atoms with Crippen molar-refractivity contribution in [2.75, 3.05) is 0 Å². The van der Waals surface area contributed by atoms with E-state index in [0.29, 0.717) is 5.92 Å². The SMILES string of the molecule is CCn1cc(-c2ccc(C#CC3CC3)cc2C)nn1. The van der Waals surface area contributed by atoms with E-state index in [4.69, 9.17) is 0 Å². The lowest BCUT2D eigenvalue weighted by Crippen LogP contribution is -1.93. The fourth-order valence-corrected chi connectivity index (χ4v) is 2.02. The zero-order valence-corrected chi connectivity index (χ0v) is 11.3. The highest BCUT2D eigenvalue weighted by atomic mass is 15.4. The normalized spacial score (nSPS) is 14.0. The predicted molar refractivity (Wildman–Crippen MR) is 75.5 cm³/mol. The highest BCUT2D eigenvalue weighted by Gasteiger charge is 2.17. The van der Waals surface area contributed by atoms with Crippen LogP contribution in [0.3, 0.4) is 0 Å². The molecule has 0 bridgehead atoms. The average molecular weight is 251 g/mol. The van der Waals surface area contributed by atoms with Gasteiger partial charge in [-0.25, -0.2) is 0 Å². The topological polar surface area (TPSA) is 30.7 Å². The highest BCUT2D eigenvalue weighted by Crippen LogP contribution is 2.28. The quantitative estimate of drug-likeness (QED) is 0.768. The minimum atomic E-state index is 0.643. The molecule has 0 N–H and O–H groups in total. The molecular weight excluding hydrogens is 234 g/mol.